The molecule has 146 valence electrons. The number of amides is 1. The van der Waals surface area contributed by atoms with Crippen LogP contribution in [0.1, 0.15) is 36.8 Å². The molecule has 3 rings (SSSR count). The molecule has 1 atom stereocenters. The monoisotopic (exact) mass is 381 g/mol. The van der Waals surface area contributed by atoms with Gasteiger partial charge in [0.05, 0.1) is 12.1 Å². The number of carbonyl (C=O) groups is 1. The first-order chi connectivity index (χ1) is 12.9. The Morgan fingerprint density at radius 1 is 1.30 bits per heavy atom. The van der Waals surface area contributed by atoms with Gasteiger partial charge < -0.3 is 4.90 Å². The maximum atomic E-state index is 12.8. The number of aryl methyl sites for hydroxylation is 2. The highest BCUT2D eigenvalue weighted by atomic mass is 19.4. The Morgan fingerprint density at radius 2 is 2.15 bits per heavy atom. The standard InChI is InChI=1S/C18H22F3N5O/c19-18(20,21)16-5-1-3-14(11-16)6-7-15-4-2-9-25(12-15)17(27)8-10-26-13-22-23-24-26/h1,3,5,11,13,15H,2,4,6-10,12H2/t15-/m0/s1. The number of halogens is 3. The molecule has 1 fully saturated rings. The van der Waals surface area contributed by atoms with E-state index >= 15 is 0 Å². The number of tetrazole rings is 1. The Kier molecular flexibility index (Phi) is 6.08. The van der Waals surface area contributed by atoms with Gasteiger partial charge in [0.25, 0.3) is 0 Å². The molecule has 0 spiro atoms. The quantitative estimate of drug-likeness (QED) is 0.772. The lowest BCUT2D eigenvalue weighted by molar-refractivity contribution is -0.137. The van der Waals surface area contributed by atoms with E-state index in [1.54, 1.807) is 6.07 Å². The maximum absolute atomic E-state index is 12.8. The molecule has 0 bridgehead atoms. The lowest BCUT2D eigenvalue weighted by Gasteiger charge is -2.33. The maximum Gasteiger partial charge on any atom is 0.416 e. The van der Waals surface area contributed by atoms with E-state index in [2.05, 4.69) is 15.5 Å². The first kappa shape index (κ1) is 19.3. The van der Waals surface area contributed by atoms with Crippen LogP contribution in [0.25, 0.3) is 0 Å². The molecule has 6 nitrogen and oxygen atoms in total. The van der Waals surface area contributed by atoms with Crippen molar-refractivity contribution in [2.24, 2.45) is 5.92 Å². The highest BCUT2D eigenvalue weighted by Crippen LogP contribution is 2.30. The third-order valence-electron chi connectivity index (χ3n) is 4.91. The van der Waals surface area contributed by atoms with Gasteiger partial charge >= 0.3 is 6.18 Å². The first-order valence-corrected chi connectivity index (χ1v) is 9.06. The first-order valence-electron chi connectivity index (χ1n) is 9.06. The van der Waals surface area contributed by atoms with E-state index in [0.29, 0.717) is 37.4 Å². The summed E-state index contributed by atoms with van der Waals surface area (Å²) >= 11 is 0. The van der Waals surface area contributed by atoms with E-state index in [9.17, 15) is 18.0 Å². The van der Waals surface area contributed by atoms with Gasteiger partial charge in [-0.15, -0.1) is 5.10 Å². The van der Waals surface area contributed by atoms with Crippen LogP contribution in [0.4, 0.5) is 13.2 Å². The van der Waals surface area contributed by atoms with Gasteiger partial charge in [0.2, 0.25) is 5.91 Å². The number of hydrogen-bond donors (Lipinski definition) is 0. The van der Waals surface area contributed by atoms with Gasteiger partial charge in [-0.25, -0.2) is 4.68 Å². The lowest BCUT2D eigenvalue weighted by atomic mass is 9.91. The Labute approximate surface area is 155 Å². The molecule has 1 aromatic heterocycles. The fourth-order valence-electron chi connectivity index (χ4n) is 3.45. The molecule has 9 heteroatoms. The van der Waals surface area contributed by atoms with E-state index in [-0.39, 0.29) is 5.91 Å². The van der Waals surface area contributed by atoms with Crippen molar-refractivity contribution in [3.8, 4) is 0 Å². The Bertz CT molecular complexity index is 748. The van der Waals surface area contributed by atoms with Gasteiger partial charge in [0.1, 0.15) is 6.33 Å². The van der Waals surface area contributed by atoms with E-state index in [1.165, 1.54) is 23.1 Å². The topological polar surface area (TPSA) is 63.9 Å². The minimum atomic E-state index is -4.32. The Morgan fingerprint density at radius 3 is 2.89 bits per heavy atom. The molecular weight excluding hydrogens is 359 g/mol. The van der Waals surface area contributed by atoms with Crippen molar-refractivity contribution >= 4 is 5.91 Å². The van der Waals surface area contributed by atoms with Crippen LogP contribution in [-0.2, 0) is 23.9 Å². The number of aromatic nitrogens is 4. The fourth-order valence-corrected chi connectivity index (χ4v) is 3.45. The van der Waals surface area contributed by atoms with E-state index in [0.717, 1.165) is 31.9 Å². The van der Waals surface area contributed by atoms with Crippen LogP contribution in [0, 0.1) is 5.92 Å². The van der Waals surface area contributed by atoms with Crippen molar-refractivity contribution < 1.29 is 18.0 Å². The van der Waals surface area contributed by atoms with Crippen LogP contribution in [0.3, 0.4) is 0 Å². The van der Waals surface area contributed by atoms with Gasteiger partial charge in [-0.2, -0.15) is 13.2 Å². The molecule has 2 heterocycles. The summed E-state index contributed by atoms with van der Waals surface area (Å²) in [6.45, 7) is 1.83. The van der Waals surface area contributed by atoms with E-state index in [4.69, 9.17) is 0 Å². The second kappa shape index (κ2) is 8.49. The van der Waals surface area contributed by atoms with Crippen LogP contribution < -0.4 is 0 Å². The predicted octanol–water partition coefficient (Wildman–Crippen LogP) is 2.95. The minimum Gasteiger partial charge on any atom is -0.342 e. The average Bonchev–Trinajstić information content (AvgIpc) is 3.18. The molecule has 0 saturated carbocycles. The van der Waals surface area contributed by atoms with Crippen molar-refractivity contribution in [2.45, 2.75) is 44.8 Å². The van der Waals surface area contributed by atoms with Crippen LogP contribution in [-0.4, -0.2) is 44.1 Å². The summed E-state index contributed by atoms with van der Waals surface area (Å²) in [4.78, 5) is 14.2. The number of alkyl halides is 3. The predicted molar refractivity (Wildman–Crippen MR) is 91.5 cm³/mol. The van der Waals surface area contributed by atoms with Crippen LogP contribution >= 0.6 is 0 Å². The molecule has 1 aromatic carbocycles. The van der Waals surface area contributed by atoms with Crippen molar-refractivity contribution in [3.05, 3.63) is 41.7 Å². The summed E-state index contributed by atoms with van der Waals surface area (Å²) < 4.78 is 40.0. The summed E-state index contributed by atoms with van der Waals surface area (Å²) in [5.41, 5.74) is 0.0787. The normalized spacial score (nSPS) is 17.9. The molecule has 27 heavy (non-hydrogen) atoms. The molecule has 1 aliphatic heterocycles. The molecule has 0 N–H and O–H groups in total. The number of likely N-dealkylation sites (tertiary alicyclic amines) is 1. The molecule has 1 saturated heterocycles. The van der Waals surface area contributed by atoms with Crippen LogP contribution in [0.5, 0.6) is 0 Å². The fraction of sp³-hybridized carbons (Fsp3) is 0.556. The van der Waals surface area contributed by atoms with Crippen molar-refractivity contribution in [1.82, 2.24) is 25.1 Å². The van der Waals surface area contributed by atoms with Gasteiger partial charge in [-0.3, -0.25) is 4.79 Å². The second-order valence-electron chi connectivity index (χ2n) is 6.91. The molecule has 0 radical (unpaired) electrons. The SMILES string of the molecule is O=C(CCn1cnnn1)N1CCC[C@@H](CCc2cccc(C(F)(F)F)c2)C1. The van der Waals surface area contributed by atoms with Crippen LogP contribution in [0.15, 0.2) is 30.6 Å². The van der Waals surface area contributed by atoms with Crippen molar-refractivity contribution in [1.29, 1.82) is 0 Å². The van der Waals surface area contributed by atoms with Crippen molar-refractivity contribution in [3.63, 3.8) is 0 Å². The Balaban J connectivity index is 1.49. The molecule has 1 aliphatic rings. The number of rotatable bonds is 6. The zero-order chi connectivity index (χ0) is 19.3. The summed E-state index contributed by atoms with van der Waals surface area (Å²) in [5, 5.41) is 10.8. The zero-order valence-electron chi connectivity index (χ0n) is 14.9. The summed E-state index contributed by atoms with van der Waals surface area (Å²) in [6, 6.07) is 5.49. The molecular formula is C18H22F3N5O. The van der Waals surface area contributed by atoms with Gasteiger partial charge in [-0.05, 0) is 53.7 Å². The number of hydrogen-bond acceptors (Lipinski definition) is 4. The highest BCUT2D eigenvalue weighted by Gasteiger charge is 2.30. The molecule has 0 unspecified atom stereocenters. The number of piperidine rings is 1. The smallest absolute Gasteiger partial charge is 0.342 e. The largest absolute Gasteiger partial charge is 0.416 e. The van der Waals surface area contributed by atoms with Gasteiger partial charge in [-0.1, -0.05) is 18.2 Å². The number of nitrogens with zero attached hydrogens (tertiary/aromatic N) is 5. The average molecular weight is 381 g/mol. The number of carbonyl (C=O) groups excluding carboxylic acids is 1. The van der Waals surface area contributed by atoms with E-state index in [1.807, 2.05) is 4.90 Å². The molecule has 0 aliphatic carbocycles. The highest BCUT2D eigenvalue weighted by molar-refractivity contribution is 5.76. The Hall–Kier alpha value is -2.45. The molecule has 2 aromatic rings. The summed E-state index contributed by atoms with van der Waals surface area (Å²) in [7, 11) is 0. The summed E-state index contributed by atoms with van der Waals surface area (Å²) in [5.74, 6) is 0.375. The third kappa shape index (κ3) is 5.51. The van der Waals surface area contributed by atoms with Gasteiger partial charge in [0.15, 0.2) is 0 Å². The van der Waals surface area contributed by atoms with Gasteiger partial charge in [0, 0.05) is 19.5 Å². The zero-order valence-corrected chi connectivity index (χ0v) is 14.9. The number of benzene rings is 1. The molecule has 1 amide bonds. The summed E-state index contributed by atoms with van der Waals surface area (Å²) in [6.07, 6.45) is 0.773. The minimum absolute atomic E-state index is 0.0641. The third-order valence-corrected chi connectivity index (χ3v) is 4.91. The van der Waals surface area contributed by atoms with Crippen molar-refractivity contribution in [2.75, 3.05) is 13.1 Å². The van der Waals surface area contributed by atoms with Crippen LogP contribution in [0.2, 0.25) is 0 Å². The second-order valence-corrected chi connectivity index (χ2v) is 6.91. The van der Waals surface area contributed by atoms with E-state index < -0.39 is 11.7 Å². The lowest BCUT2D eigenvalue weighted by Crippen LogP contribution is -2.40.